The highest BCUT2D eigenvalue weighted by atomic mass is 16.5. The van der Waals surface area contributed by atoms with Crippen LogP contribution in [0.15, 0.2) is 29.1 Å². The average Bonchev–Trinajstić information content (AvgIpc) is 3.36. The standard InChI is InChI=1S/C20H26N6O3/c1-14-4-5-18-15(9-14)10-16(20(28)21-18)11-25(6-7-27)13-19-22-23-24-26(19)12-17-3-2-8-29-17/h4-5,9-10,17,27H,2-3,6-8,11-13H2,1H3,(H,21,28)/t17-/m1/s1. The molecule has 154 valence electrons. The van der Waals surface area contributed by atoms with Crippen molar-refractivity contribution in [1.29, 1.82) is 0 Å². The highest BCUT2D eigenvalue weighted by Gasteiger charge is 2.20. The zero-order valence-corrected chi connectivity index (χ0v) is 16.5. The monoisotopic (exact) mass is 398 g/mol. The molecule has 1 aliphatic heterocycles. The molecule has 9 nitrogen and oxygen atoms in total. The van der Waals surface area contributed by atoms with E-state index in [4.69, 9.17) is 4.74 Å². The molecular formula is C20H26N6O3. The van der Waals surface area contributed by atoms with Gasteiger partial charge < -0.3 is 14.8 Å². The zero-order valence-electron chi connectivity index (χ0n) is 16.5. The van der Waals surface area contributed by atoms with Crippen molar-refractivity contribution >= 4 is 10.9 Å². The van der Waals surface area contributed by atoms with Crippen LogP contribution in [0.1, 0.15) is 29.8 Å². The van der Waals surface area contributed by atoms with Gasteiger partial charge >= 0.3 is 0 Å². The topological polar surface area (TPSA) is 109 Å². The summed E-state index contributed by atoms with van der Waals surface area (Å²) < 4.78 is 7.44. The first-order chi connectivity index (χ1) is 14.1. The maximum atomic E-state index is 12.6. The lowest BCUT2D eigenvalue weighted by Crippen LogP contribution is -2.31. The summed E-state index contributed by atoms with van der Waals surface area (Å²) in [5.41, 5.74) is 2.48. The smallest absolute Gasteiger partial charge is 0.252 e. The van der Waals surface area contributed by atoms with Gasteiger partial charge in [0.2, 0.25) is 0 Å². The van der Waals surface area contributed by atoms with Crippen LogP contribution in [-0.2, 0) is 24.4 Å². The van der Waals surface area contributed by atoms with Crippen LogP contribution in [0.3, 0.4) is 0 Å². The van der Waals surface area contributed by atoms with Crippen LogP contribution in [0.25, 0.3) is 10.9 Å². The van der Waals surface area contributed by atoms with Crippen LogP contribution in [0.5, 0.6) is 0 Å². The lowest BCUT2D eigenvalue weighted by molar-refractivity contribution is 0.0912. The molecule has 1 fully saturated rings. The van der Waals surface area contributed by atoms with Crippen molar-refractivity contribution in [3.63, 3.8) is 0 Å². The Morgan fingerprint density at radius 1 is 1.34 bits per heavy atom. The minimum Gasteiger partial charge on any atom is -0.395 e. The van der Waals surface area contributed by atoms with E-state index < -0.39 is 0 Å². The van der Waals surface area contributed by atoms with Crippen molar-refractivity contribution in [3.05, 3.63) is 51.6 Å². The van der Waals surface area contributed by atoms with Crippen LogP contribution in [-0.4, -0.2) is 61.1 Å². The summed E-state index contributed by atoms with van der Waals surface area (Å²) in [5, 5.41) is 22.5. The number of aryl methyl sites for hydroxylation is 1. The number of hydrogen-bond donors (Lipinski definition) is 2. The fourth-order valence-corrected chi connectivity index (χ4v) is 3.74. The number of benzene rings is 1. The molecule has 3 aromatic rings. The number of ether oxygens (including phenoxy) is 1. The number of aromatic nitrogens is 5. The first-order valence-corrected chi connectivity index (χ1v) is 9.95. The van der Waals surface area contributed by atoms with Crippen LogP contribution < -0.4 is 5.56 Å². The summed E-state index contributed by atoms with van der Waals surface area (Å²) >= 11 is 0. The Kier molecular flexibility index (Phi) is 5.98. The number of pyridine rings is 1. The van der Waals surface area contributed by atoms with Gasteiger partial charge in [-0.05, 0) is 53.8 Å². The molecular weight excluding hydrogens is 372 g/mol. The third kappa shape index (κ3) is 4.69. The molecule has 1 saturated heterocycles. The van der Waals surface area contributed by atoms with Gasteiger partial charge in [0.05, 0.1) is 25.8 Å². The molecule has 1 aromatic carbocycles. The van der Waals surface area contributed by atoms with Gasteiger partial charge in [-0.25, -0.2) is 4.68 Å². The number of aromatic amines is 1. The number of nitrogens with zero attached hydrogens (tertiary/aromatic N) is 5. The fourth-order valence-electron chi connectivity index (χ4n) is 3.74. The number of aliphatic hydroxyl groups is 1. The maximum absolute atomic E-state index is 12.6. The summed E-state index contributed by atoms with van der Waals surface area (Å²) in [4.78, 5) is 17.5. The molecule has 3 heterocycles. The van der Waals surface area contributed by atoms with Gasteiger partial charge in [0.15, 0.2) is 5.82 Å². The van der Waals surface area contributed by atoms with E-state index in [0.717, 1.165) is 35.9 Å². The summed E-state index contributed by atoms with van der Waals surface area (Å²) in [6.07, 6.45) is 2.20. The van der Waals surface area contributed by atoms with Gasteiger partial charge in [0.25, 0.3) is 5.56 Å². The second-order valence-corrected chi connectivity index (χ2v) is 7.56. The van der Waals surface area contributed by atoms with Gasteiger partial charge in [-0.3, -0.25) is 9.69 Å². The van der Waals surface area contributed by atoms with Crippen molar-refractivity contribution in [2.45, 2.75) is 45.5 Å². The fraction of sp³-hybridized carbons (Fsp3) is 0.500. The Labute approximate surface area is 168 Å². The molecule has 0 bridgehead atoms. The maximum Gasteiger partial charge on any atom is 0.252 e. The first kappa shape index (κ1) is 19.7. The lowest BCUT2D eigenvalue weighted by Gasteiger charge is -2.21. The Morgan fingerprint density at radius 2 is 2.24 bits per heavy atom. The zero-order chi connectivity index (χ0) is 20.2. The van der Waals surface area contributed by atoms with E-state index in [1.165, 1.54) is 0 Å². The van der Waals surface area contributed by atoms with Gasteiger partial charge in [0.1, 0.15) is 0 Å². The van der Waals surface area contributed by atoms with Crippen molar-refractivity contribution in [2.75, 3.05) is 19.8 Å². The quantitative estimate of drug-likeness (QED) is 0.582. The van der Waals surface area contributed by atoms with Crippen molar-refractivity contribution in [3.8, 4) is 0 Å². The Bertz CT molecular complexity index is 1020. The van der Waals surface area contributed by atoms with Gasteiger partial charge in [-0.15, -0.1) is 5.10 Å². The first-order valence-electron chi connectivity index (χ1n) is 9.95. The minimum absolute atomic E-state index is 0.0160. The van der Waals surface area contributed by atoms with Crippen molar-refractivity contribution in [1.82, 2.24) is 30.1 Å². The summed E-state index contributed by atoms with van der Waals surface area (Å²) in [6, 6.07) is 7.86. The summed E-state index contributed by atoms with van der Waals surface area (Å²) in [5.74, 6) is 0.696. The average molecular weight is 398 g/mol. The molecule has 0 radical (unpaired) electrons. The number of hydrogen-bond acceptors (Lipinski definition) is 7. The highest BCUT2D eigenvalue weighted by molar-refractivity contribution is 5.79. The van der Waals surface area contributed by atoms with Crippen molar-refractivity contribution < 1.29 is 9.84 Å². The molecule has 0 unspecified atom stereocenters. The van der Waals surface area contributed by atoms with Crippen LogP contribution in [0.2, 0.25) is 0 Å². The Balaban J connectivity index is 1.53. The molecule has 29 heavy (non-hydrogen) atoms. The van der Waals surface area contributed by atoms with Gasteiger partial charge in [-0.2, -0.15) is 0 Å². The van der Waals surface area contributed by atoms with Crippen LogP contribution in [0, 0.1) is 6.92 Å². The Hall–Kier alpha value is -2.62. The molecule has 1 aliphatic rings. The Morgan fingerprint density at radius 3 is 3.03 bits per heavy atom. The predicted octanol–water partition coefficient (Wildman–Crippen LogP) is 0.997. The van der Waals surface area contributed by atoms with Gasteiger partial charge in [0, 0.05) is 30.8 Å². The van der Waals surface area contributed by atoms with E-state index in [0.29, 0.717) is 37.6 Å². The molecule has 2 aromatic heterocycles. The van der Waals surface area contributed by atoms with Crippen molar-refractivity contribution in [2.24, 2.45) is 0 Å². The predicted molar refractivity (Wildman–Crippen MR) is 107 cm³/mol. The number of tetrazole rings is 1. The number of fused-ring (bicyclic) bond motifs is 1. The van der Waals surface area contributed by atoms with Gasteiger partial charge in [-0.1, -0.05) is 11.6 Å². The molecule has 9 heteroatoms. The highest BCUT2D eigenvalue weighted by Crippen LogP contribution is 2.16. The van der Waals surface area contributed by atoms with E-state index in [-0.39, 0.29) is 18.3 Å². The second-order valence-electron chi connectivity index (χ2n) is 7.56. The van der Waals surface area contributed by atoms with E-state index in [1.54, 1.807) is 4.68 Å². The molecule has 0 spiro atoms. The minimum atomic E-state index is -0.122. The number of aliphatic hydroxyl groups excluding tert-OH is 1. The normalized spacial score (nSPS) is 16.9. The number of rotatable bonds is 8. The molecule has 4 rings (SSSR count). The molecule has 2 N–H and O–H groups in total. The molecule has 0 amide bonds. The van der Waals surface area contributed by atoms with E-state index in [1.807, 2.05) is 36.1 Å². The third-order valence-electron chi connectivity index (χ3n) is 5.26. The lowest BCUT2D eigenvalue weighted by atomic mass is 10.1. The van der Waals surface area contributed by atoms with Crippen LogP contribution in [0.4, 0.5) is 0 Å². The number of H-pyrrole nitrogens is 1. The van der Waals surface area contributed by atoms with E-state index in [2.05, 4.69) is 20.5 Å². The summed E-state index contributed by atoms with van der Waals surface area (Å²) in [6.45, 7) is 4.65. The largest absolute Gasteiger partial charge is 0.395 e. The van der Waals surface area contributed by atoms with E-state index >= 15 is 0 Å². The molecule has 0 saturated carbocycles. The molecule has 0 aliphatic carbocycles. The second kappa shape index (κ2) is 8.81. The van der Waals surface area contributed by atoms with E-state index in [9.17, 15) is 9.90 Å². The van der Waals surface area contributed by atoms with Crippen LogP contribution >= 0.6 is 0 Å². The number of nitrogens with one attached hydrogen (secondary N) is 1. The SMILES string of the molecule is Cc1ccc2[nH]c(=O)c(CN(CCO)Cc3nnnn3C[C@H]3CCCO3)cc2c1. The third-order valence-corrected chi connectivity index (χ3v) is 5.26. The molecule has 1 atom stereocenters. The summed E-state index contributed by atoms with van der Waals surface area (Å²) in [7, 11) is 0.